The molecule has 1 atom stereocenters. The number of benzene rings is 1. The SMILES string of the molecule is Cc1cccc(NC(=O)C(=O)NC[C@H]2CCCN2S(=O)(=O)c2cccs2)c1C. The lowest BCUT2D eigenvalue weighted by Gasteiger charge is -2.23. The zero-order chi connectivity index (χ0) is 20.3. The van der Waals surface area contributed by atoms with Crippen LogP contribution in [0, 0.1) is 13.8 Å². The van der Waals surface area contributed by atoms with E-state index in [1.165, 1.54) is 15.6 Å². The van der Waals surface area contributed by atoms with Gasteiger partial charge in [0.25, 0.3) is 10.0 Å². The molecule has 0 radical (unpaired) electrons. The van der Waals surface area contributed by atoms with Gasteiger partial charge in [0.1, 0.15) is 4.21 Å². The molecule has 0 bridgehead atoms. The smallest absolute Gasteiger partial charge is 0.313 e. The Bertz CT molecular complexity index is 971. The number of sulfonamides is 1. The van der Waals surface area contributed by atoms with Crippen LogP contribution in [0.15, 0.2) is 39.9 Å². The zero-order valence-corrected chi connectivity index (χ0v) is 17.4. The summed E-state index contributed by atoms with van der Waals surface area (Å²) in [5.41, 5.74) is 2.49. The van der Waals surface area contributed by atoms with E-state index >= 15 is 0 Å². The van der Waals surface area contributed by atoms with Crippen LogP contribution in [-0.2, 0) is 19.6 Å². The van der Waals surface area contributed by atoms with Crippen molar-refractivity contribution in [2.45, 2.75) is 36.9 Å². The summed E-state index contributed by atoms with van der Waals surface area (Å²) in [5, 5.41) is 6.90. The van der Waals surface area contributed by atoms with Crippen LogP contribution in [-0.4, -0.2) is 43.7 Å². The third-order valence-electron chi connectivity index (χ3n) is 4.94. The van der Waals surface area contributed by atoms with Gasteiger partial charge in [0.2, 0.25) is 0 Å². The predicted molar refractivity (Wildman–Crippen MR) is 109 cm³/mol. The molecule has 9 heteroatoms. The van der Waals surface area contributed by atoms with E-state index in [2.05, 4.69) is 10.6 Å². The van der Waals surface area contributed by atoms with Gasteiger partial charge in [-0.3, -0.25) is 9.59 Å². The van der Waals surface area contributed by atoms with Crippen molar-refractivity contribution in [3.8, 4) is 0 Å². The van der Waals surface area contributed by atoms with E-state index in [0.29, 0.717) is 22.9 Å². The molecule has 0 aliphatic carbocycles. The molecule has 7 nitrogen and oxygen atoms in total. The summed E-state index contributed by atoms with van der Waals surface area (Å²) in [7, 11) is -3.57. The highest BCUT2D eigenvalue weighted by molar-refractivity contribution is 7.91. The van der Waals surface area contributed by atoms with E-state index in [9.17, 15) is 18.0 Å². The van der Waals surface area contributed by atoms with Gasteiger partial charge in [0, 0.05) is 24.8 Å². The molecule has 0 saturated carbocycles. The minimum Gasteiger partial charge on any atom is -0.346 e. The van der Waals surface area contributed by atoms with Crippen molar-refractivity contribution in [3.63, 3.8) is 0 Å². The largest absolute Gasteiger partial charge is 0.346 e. The van der Waals surface area contributed by atoms with Gasteiger partial charge in [0.05, 0.1) is 0 Å². The number of nitrogens with zero attached hydrogens (tertiary/aromatic N) is 1. The molecule has 1 aromatic heterocycles. The van der Waals surface area contributed by atoms with E-state index in [1.807, 2.05) is 26.0 Å². The van der Waals surface area contributed by atoms with Gasteiger partial charge >= 0.3 is 11.8 Å². The van der Waals surface area contributed by atoms with E-state index in [4.69, 9.17) is 0 Å². The lowest BCUT2D eigenvalue weighted by molar-refractivity contribution is -0.136. The Balaban J connectivity index is 1.60. The van der Waals surface area contributed by atoms with Crippen LogP contribution in [0.25, 0.3) is 0 Å². The fourth-order valence-electron chi connectivity index (χ4n) is 3.21. The molecule has 2 amide bonds. The van der Waals surface area contributed by atoms with Crippen LogP contribution in [0.1, 0.15) is 24.0 Å². The first-order valence-corrected chi connectivity index (χ1v) is 11.3. The second-order valence-electron chi connectivity index (χ2n) is 6.76. The summed E-state index contributed by atoms with van der Waals surface area (Å²) in [6, 6.07) is 8.38. The van der Waals surface area contributed by atoms with Gasteiger partial charge in [-0.2, -0.15) is 4.31 Å². The van der Waals surface area contributed by atoms with Crippen LogP contribution >= 0.6 is 11.3 Å². The van der Waals surface area contributed by atoms with E-state index in [-0.39, 0.29) is 12.6 Å². The Morgan fingerprint density at radius 3 is 2.68 bits per heavy atom. The number of rotatable bonds is 5. The number of anilines is 1. The van der Waals surface area contributed by atoms with Crippen LogP contribution in [0.5, 0.6) is 0 Å². The second kappa shape index (κ2) is 8.42. The molecule has 1 fully saturated rings. The highest BCUT2D eigenvalue weighted by atomic mass is 32.2. The van der Waals surface area contributed by atoms with Gasteiger partial charge < -0.3 is 10.6 Å². The third kappa shape index (κ3) is 4.26. The normalized spacial score (nSPS) is 17.4. The monoisotopic (exact) mass is 421 g/mol. The quantitative estimate of drug-likeness (QED) is 0.724. The van der Waals surface area contributed by atoms with Crippen molar-refractivity contribution < 1.29 is 18.0 Å². The van der Waals surface area contributed by atoms with Crippen LogP contribution in [0.3, 0.4) is 0 Å². The maximum absolute atomic E-state index is 12.7. The van der Waals surface area contributed by atoms with Crippen LogP contribution in [0.2, 0.25) is 0 Å². The van der Waals surface area contributed by atoms with Crippen molar-refractivity contribution in [1.29, 1.82) is 0 Å². The first-order valence-electron chi connectivity index (χ1n) is 9.01. The van der Waals surface area contributed by atoms with Gasteiger partial charge in [-0.15, -0.1) is 11.3 Å². The number of nitrogens with one attached hydrogen (secondary N) is 2. The van der Waals surface area contributed by atoms with Crippen LogP contribution < -0.4 is 10.6 Å². The maximum Gasteiger partial charge on any atom is 0.313 e. The summed E-state index contributed by atoms with van der Waals surface area (Å²) in [5.74, 6) is -1.54. The van der Waals surface area contributed by atoms with E-state index in [0.717, 1.165) is 17.5 Å². The Morgan fingerprint density at radius 2 is 1.96 bits per heavy atom. The number of amides is 2. The first kappa shape index (κ1) is 20.5. The van der Waals surface area contributed by atoms with Gasteiger partial charge in [0.15, 0.2) is 0 Å². The lowest BCUT2D eigenvalue weighted by atomic mass is 10.1. The number of thiophene rings is 1. The fourth-order valence-corrected chi connectivity index (χ4v) is 6.02. The van der Waals surface area contributed by atoms with Crippen molar-refractivity contribution in [2.24, 2.45) is 0 Å². The lowest BCUT2D eigenvalue weighted by Crippen LogP contribution is -2.45. The van der Waals surface area contributed by atoms with Gasteiger partial charge in [-0.05, 0) is 55.3 Å². The molecule has 1 aliphatic rings. The van der Waals surface area contributed by atoms with Crippen molar-refractivity contribution in [2.75, 3.05) is 18.4 Å². The minimum atomic E-state index is -3.57. The van der Waals surface area contributed by atoms with Crippen LogP contribution in [0.4, 0.5) is 5.69 Å². The number of hydrogen-bond acceptors (Lipinski definition) is 5. The molecule has 2 heterocycles. The summed E-state index contributed by atoms with van der Waals surface area (Å²) >= 11 is 1.17. The maximum atomic E-state index is 12.7. The van der Waals surface area contributed by atoms with Gasteiger partial charge in [-0.25, -0.2) is 8.42 Å². The molecule has 2 aromatic rings. The van der Waals surface area contributed by atoms with Gasteiger partial charge in [-0.1, -0.05) is 18.2 Å². The molecular formula is C19H23N3O4S2. The summed E-state index contributed by atoms with van der Waals surface area (Å²) in [6.07, 6.45) is 1.36. The molecule has 1 aliphatic heterocycles. The highest BCUT2D eigenvalue weighted by Crippen LogP contribution is 2.28. The molecule has 150 valence electrons. The predicted octanol–water partition coefficient (Wildman–Crippen LogP) is 2.27. The molecule has 2 N–H and O–H groups in total. The van der Waals surface area contributed by atoms with E-state index in [1.54, 1.807) is 23.6 Å². The Labute approximate surface area is 168 Å². The Hall–Kier alpha value is -2.23. The summed E-state index contributed by atoms with van der Waals surface area (Å²) < 4.78 is 27.2. The topological polar surface area (TPSA) is 95.6 Å². The minimum absolute atomic E-state index is 0.101. The van der Waals surface area contributed by atoms with Crippen molar-refractivity contribution in [3.05, 3.63) is 46.8 Å². The third-order valence-corrected chi connectivity index (χ3v) is 8.26. The molecule has 1 aromatic carbocycles. The Morgan fingerprint density at radius 1 is 1.18 bits per heavy atom. The number of aryl methyl sites for hydroxylation is 1. The second-order valence-corrected chi connectivity index (χ2v) is 9.82. The summed E-state index contributed by atoms with van der Waals surface area (Å²) in [4.78, 5) is 24.4. The highest BCUT2D eigenvalue weighted by Gasteiger charge is 2.36. The van der Waals surface area contributed by atoms with Crippen molar-refractivity contribution in [1.82, 2.24) is 9.62 Å². The first-order chi connectivity index (χ1) is 13.3. The molecule has 3 rings (SSSR count). The standard InChI is InChI=1S/C19H23N3O4S2/c1-13-6-3-8-16(14(13)2)21-19(24)18(23)20-12-15-7-4-10-22(15)28(25,26)17-9-5-11-27-17/h3,5-6,8-9,11,15H,4,7,10,12H2,1-2H3,(H,20,23)(H,21,24)/t15-/m1/s1. The fraction of sp³-hybridized carbons (Fsp3) is 0.368. The molecule has 0 spiro atoms. The van der Waals surface area contributed by atoms with E-state index < -0.39 is 21.8 Å². The molecule has 28 heavy (non-hydrogen) atoms. The number of carbonyl (C=O) groups excluding carboxylic acids is 2. The molecular weight excluding hydrogens is 398 g/mol. The van der Waals surface area contributed by atoms with Crippen molar-refractivity contribution >= 4 is 38.9 Å². The molecule has 1 saturated heterocycles. The average Bonchev–Trinajstić information content (AvgIpc) is 3.35. The summed E-state index contributed by atoms with van der Waals surface area (Å²) in [6.45, 7) is 4.31. The zero-order valence-electron chi connectivity index (χ0n) is 15.8. The number of carbonyl (C=O) groups is 2. The molecule has 0 unspecified atom stereocenters. The average molecular weight is 422 g/mol. The number of hydrogen-bond donors (Lipinski definition) is 2. The Kier molecular flexibility index (Phi) is 6.17.